The van der Waals surface area contributed by atoms with Crippen molar-refractivity contribution in [2.45, 2.75) is 28.0 Å². The molecule has 3 aliphatic rings. The van der Waals surface area contributed by atoms with Crippen LogP contribution in [0.25, 0.3) is 66.3 Å². The SMILES string of the molecule is C1=C(c2ccc3c(c2)-c2ccccc2C32c3ccc4ccccc4c3Sc3c2ccc2ccccc32)CCC(c2nc(-c3ccccc3)cc(-c3ccccc3)n2)=C1. The Kier molecular flexibility index (Phi) is 7.55. The molecule has 2 aliphatic carbocycles. The van der Waals surface area contributed by atoms with Gasteiger partial charge < -0.3 is 0 Å². The van der Waals surface area contributed by atoms with Gasteiger partial charge in [-0.15, -0.1) is 0 Å². The van der Waals surface area contributed by atoms with E-state index >= 15 is 0 Å². The van der Waals surface area contributed by atoms with Crippen molar-refractivity contribution in [2.75, 3.05) is 0 Å². The van der Waals surface area contributed by atoms with Crippen molar-refractivity contribution in [3.8, 4) is 33.6 Å². The molecule has 0 N–H and O–H groups in total. The molecule has 2 nitrogen and oxygen atoms in total. The lowest BCUT2D eigenvalue weighted by Crippen LogP contribution is -2.32. The minimum atomic E-state index is -0.444. The second-order valence-corrected chi connectivity index (χ2v) is 16.6. The standard InChI is InChI=1S/C55H36N2S/c1-3-15-38(16-4-1)50-34-51(39-17-5-2-6-18-39)57-54(56-50)40-25-23-35(24-26-40)41-29-30-47-45(33-41)44-21-11-12-22-46(44)55(47)48-31-27-36-13-7-9-19-42(36)52(48)58-53-43-20-10-8-14-37(43)28-32-49(53)55/h1-23,25,27-34H,24,26H2. The summed E-state index contributed by atoms with van der Waals surface area (Å²) in [4.78, 5) is 13.0. The summed E-state index contributed by atoms with van der Waals surface area (Å²) in [5.41, 5.74) is 15.5. The quantitative estimate of drug-likeness (QED) is 0.179. The van der Waals surface area contributed by atoms with Gasteiger partial charge in [0.25, 0.3) is 0 Å². The fraction of sp³-hybridized carbons (Fsp3) is 0.0545. The van der Waals surface area contributed by atoms with Gasteiger partial charge in [0.2, 0.25) is 0 Å². The highest BCUT2D eigenvalue weighted by molar-refractivity contribution is 8.00. The maximum atomic E-state index is 5.14. The highest BCUT2D eigenvalue weighted by Crippen LogP contribution is 2.64. The van der Waals surface area contributed by atoms with Gasteiger partial charge in [0.15, 0.2) is 5.82 Å². The molecule has 0 atom stereocenters. The van der Waals surface area contributed by atoms with Gasteiger partial charge in [-0.05, 0) is 96.6 Å². The lowest BCUT2D eigenvalue weighted by Gasteiger charge is -2.40. The number of nitrogens with zero attached hydrogens (tertiary/aromatic N) is 2. The van der Waals surface area contributed by atoms with Crippen LogP contribution < -0.4 is 0 Å². The Balaban J connectivity index is 1.01. The van der Waals surface area contributed by atoms with Crippen LogP contribution in [0.15, 0.2) is 204 Å². The summed E-state index contributed by atoms with van der Waals surface area (Å²) in [5.74, 6) is 0.799. The summed E-state index contributed by atoms with van der Waals surface area (Å²) >= 11 is 1.95. The minimum absolute atomic E-state index is 0.444. The highest BCUT2D eigenvalue weighted by Gasteiger charge is 2.51. The third-order valence-corrected chi connectivity index (χ3v) is 13.8. The van der Waals surface area contributed by atoms with Crippen molar-refractivity contribution in [2.24, 2.45) is 0 Å². The van der Waals surface area contributed by atoms with Crippen molar-refractivity contribution in [1.82, 2.24) is 9.97 Å². The van der Waals surface area contributed by atoms with Crippen LogP contribution in [0, 0.1) is 0 Å². The van der Waals surface area contributed by atoms with Crippen molar-refractivity contribution < 1.29 is 0 Å². The third kappa shape index (κ3) is 5.00. The molecule has 2 heterocycles. The molecular weight excluding hydrogens is 721 g/mol. The third-order valence-electron chi connectivity index (χ3n) is 12.5. The summed E-state index contributed by atoms with van der Waals surface area (Å²) in [5, 5.41) is 5.18. The summed E-state index contributed by atoms with van der Waals surface area (Å²) in [6.45, 7) is 0. The fourth-order valence-corrected chi connectivity index (χ4v) is 11.2. The molecule has 8 aromatic carbocycles. The van der Waals surface area contributed by atoms with Gasteiger partial charge in [-0.1, -0.05) is 194 Å². The minimum Gasteiger partial charge on any atom is -0.228 e. The predicted molar refractivity (Wildman–Crippen MR) is 241 cm³/mol. The maximum absolute atomic E-state index is 5.14. The lowest BCUT2D eigenvalue weighted by atomic mass is 9.66. The molecule has 272 valence electrons. The number of hydrogen-bond acceptors (Lipinski definition) is 3. The Morgan fingerprint density at radius 1 is 0.397 bits per heavy atom. The van der Waals surface area contributed by atoms with Crippen molar-refractivity contribution in [3.63, 3.8) is 0 Å². The molecule has 1 spiro atoms. The maximum Gasteiger partial charge on any atom is 0.156 e. The monoisotopic (exact) mass is 756 g/mol. The van der Waals surface area contributed by atoms with Crippen LogP contribution in [-0.4, -0.2) is 9.97 Å². The fourth-order valence-electron chi connectivity index (χ4n) is 9.78. The Morgan fingerprint density at radius 2 is 0.914 bits per heavy atom. The molecule has 1 aromatic heterocycles. The first kappa shape index (κ1) is 33.3. The number of allylic oxidation sites excluding steroid dienone is 4. The molecule has 0 fully saturated rings. The topological polar surface area (TPSA) is 25.8 Å². The van der Waals surface area contributed by atoms with Crippen LogP contribution in [0.3, 0.4) is 0 Å². The van der Waals surface area contributed by atoms with E-state index in [-0.39, 0.29) is 0 Å². The van der Waals surface area contributed by atoms with Gasteiger partial charge in [0, 0.05) is 20.9 Å². The number of fused-ring (bicyclic) bond motifs is 13. The van der Waals surface area contributed by atoms with E-state index < -0.39 is 5.41 Å². The lowest BCUT2D eigenvalue weighted by molar-refractivity contribution is 0.729. The zero-order chi connectivity index (χ0) is 38.2. The number of rotatable bonds is 4. The zero-order valence-electron chi connectivity index (χ0n) is 31.7. The Hall–Kier alpha value is -6.81. The first-order valence-corrected chi connectivity index (χ1v) is 20.9. The molecule has 0 saturated heterocycles. The van der Waals surface area contributed by atoms with E-state index in [0.29, 0.717) is 0 Å². The summed E-state index contributed by atoms with van der Waals surface area (Å²) in [6, 6.07) is 66.7. The van der Waals surface area contributed by atoms with Gasteiger partial charge in [-0.2, -0.15) is 0 Å². The van der Waals surface area contributed by atoms with Gasteiger partial charge in [0.1, 0.15) is 0 Å². The van der Waals surface area contributed by atoms with E-state index in [2.05, 4.69) is 182 Å². The molecular formula is C55H36N2S. The molecule has 0 saturated carbocycles. The first-order valence-electron chi connectivity index (χ1n) is 20.1. The van der Waals surface area contributed by atoms with Crippen LogP contribution in [-0.2, 0) is 5.41 Å². The molecule has 0 unspecified atom stereocenters. The molecule has 0 amide bonds. The van der Waals surface area contributed by atoms with Gasteiger partial charge >= 0.3 is 0 Å². The first-order chi connectivity index (χ1) is 28.7. The largest absolute Gasteiger partial charge is 0.228 e. The van der Waals surface area contributed by atoms with Crippen LogP contribution in [0.5, 0.6) is 0 Å². The number of aromatic nitrogens is 2. The van der Waals surface area contributed by atoms with Crippen molar-refractivity contribution >= 4 is 44.5 Å². The smallest absolute Gasteiger partial charge is 0.156 e. The Labute approximate surface area is 342 Å². The van der Waals surface area contributed by atoms with Crippen LogP contribution in [0.1, 0.15) is 46.5 Å². The van der Waals surface area contributed by atoms with Crippen LogP contribution in [0.4, 0.5) is 0 Å². The van der Waals surface area contributed by atoms with E-state index in [1.54, 1.807) is 0 Å². The number of benzene rings is 8. The molecule has 0 bridgehead atoms. The molecule has 1 aliphatic heterocycles. The summed E-state index contributed by atoms with van der Waals surface area (Å²) < 4.78 is 0. The second-order valence-electron chi connectivity index (χ2n) is 15.6. The van der Waals surface area contributed by atoms with Crippen LogP contribution >= 0.6 is 11.8 Å². The molecule has 9 aromatic rings. The normalized spacial score (nSPS) is 14.7. The number of hydrogen-bond donors (Lipinski definition) is 0. The highest BCUT2D eigenvalue weighted by atomic mass is 32.2. The molecule has 3 heteroatoms. The van der Waals surface area contributed by atoms with Crippen LogP contribution in [0.2, 0.25) is 0 Å². The zero-order valence-corrected chi connectivity index (χ0v) is 32.5. The van der Waals surface area contributed by atoms with Crippen molar-refractivity contribution in [1.29, 1.82) is 0 Å². The second kappa shape index (κ2) is 13.1. The average Bonchev–Trinajstić information content (AvgIpc) is 3.59. The van der Waals surface area contributed by atoms with Gasteiger partial charge in [0.05, 0.1) is 16.8 Å². The molecule has 58 heavy (non-hydrogen) atoms. The van der Waals surface area contributed by atoms with E-state index in [1.807, 2.05) is 23.9 Å². The predicted octanol–water partition coefficient (Wildman–Crippen LogP) is 14.2. The van der Waals surface area contributed by atoms with E-state index in [4.69, 9.17) is 9.97 Å². The Morgan fingerprint density at radius 3 is 1.53 bits per heavy atom. The van der Waals surface area contributed by atoms with E-state index in [1.165, 1.54) is 75.9 Å². The summed E-state index contributed by atoms with van der Waals surface area (Å²) in [6.07, 6.45) is 6.34. The van der Waals surface area contributed by atoms with E-state index in [9.17, 15) is 0 Å². The Bertz CT molecular complexity index is 3050. The van der Waals surface area contributed by atoms with E-state index in [0.717, 1.165) is 46.8 Å². The van der Waals surface area contributed by atoms with Crippen molar-refractivity contribution in [3.05, 3.63) is 228 Å². The molecule has 0 radical (unpaired) electrons. The summed E-state index contributed by atoms with van der Waals surface area (Å²) in [7, 11) is 0. The molecule has 12 rings (SSSR count). The van der Waals surface area contributed by atoms with Gasteiger partial charge in [-0.3, -0.25) is 0 Å². The van der Waals surface area contributed by atoms with Gasteiger partial charge in [-0.25, -0.2) is 9.97 Å². The average molecular weight is 757 g/mol.